The SMILES string of the molecule is C=CNC1CCN(CCCCC2(C(=C)NCC(C)(C)C)c3ccccc3-c3ccccc32)CC1. The molecule has 4 rings (SSSR count). The first kappa shape index (κ1) is 24.6. The molecule has 1 saturated heterocycles. The molecule has 182 valence electrons. The second-order valence-corrected chi connectivity index (χ2v) is 11.3. The van der Waals surface area contributed by atoms with Gasteiger partial charge in [0.25, 0.3) is 0 Å². The minimum Gasteiger partial charge on any atom is -0.389 e. The van der Waals surface area contributed by atoms with Crippen molar-refractivity contribution in [3.63, 3.8) is 0 Å². The van der Waals surface area contributed by atoms with Gasteiger partial charge < -0.3 is 15.5 Å². The molecule has 1 aliphatic heterocycles. The third kappa shape index (κ3) is 5.10. The van der Waals surface area contributed by atoms with Crippen LogP contribution < -0.4 is 10.6 Å². The molecular weight excluding hydrogens is 414 g/mol. The minimum absolute atomic E-state index is 0.167. The summed E-state index contributed by atoms with van der Waals surface area (Å²) < 4.78 is 0. The number of nitrogens with zero attached hydrogens (tertiary/aromatic N) is 1. The fourth-order valence-electron chi connectivity index (χ4n) is 5.81. The van der Waals surface area contributed by atoms with Gasteiger partial charge in [-0.1, -0.05) is 88.9 Å². The summed E-state index contributed by atoms with van der Waals surface area (Å²) in [4.78, 5) is 2.64. The molecular formula is C31H43N3. The zero-order valence-corrected chi connectivity index (χ0v) is 21.5. The van der Waals surface area contributed by atoms with Gasteiger partial charge in [-0.05, 0) is 66.1 Å². The van der Waals surface area contributed by atoms with Crippen LogP contribution in [-0.4, -0.2) is 37.1 Å². The highest BCUT2D eigenvalue weighted by Gasteiger charge is 2.44. The number of hydrogen-bond donors (Lipinski definition) is 2. The molecule has 2 N–H and O–H groups in total. The lowest BCUT2D eigenvalue weighted by Gasteiger charge is -2.37. The number of nitrogens with one attached hydrogen (secondary N) is 2. The van der Waals surface area contributed by atoms with Crippen LogP contribution in [0.2, 0.25) is 0 Å². The van der Waals surface area contributed by atoms with E-state index >= 15 is 0 Å². The Hall–Kier alpha value is -2.52. The Morgan fingerprint density at radius 3 is 2.15 bits per heavy atom. The first-order valence-corrected chi connectivity index (χ1v) is 13.1. The number of allylic oxidation sites excluding steroid dienone is 1. The third-order valence-corrected chi connectivity index (χ3v) is 7.63. The van der Waals surface area contributed by atoms with Crippen LogP contribution in [0.15, 0.2) is 73.6 Å². The van der Waals surface area contributed by atoms with Gasteiger partial charge in [0, 0.05) is 31.4 Å². The highest BCUT2D eigenvalue weighted by atomic mass is 15.1. The fourth-order valence-corrected chi connectivity index (χ4v) is 5.81. The highest BCUT2D eigenvalue weighted by molar-refractivity contribution is 5.82. The van der Waals surface area contributed by atoms with Crippen molar-refractivity contribution in [3.8, 4) is 11.1 Å². The quantitative estimate of drug-likeness (QED) is 0.400. The number of fused-ring (bicyclic) bond motifs is 3. The first-order chi connectivity index (χ1) is 16.3. The topological polar surface area (TPSA) is 27.3 Å². The Kier molecular flexibility index (Phi) is 7.52. The molecule has 3 heteroatoms. The van der Waals surface area contributed by atoms with Crippen molar-refractivity contribution in [2.75, 3.05) is 26.2 Å². The molecule has 0 radical (unpaired) electrons. The molecule has 2 aliphatic rings. The summed E-state index contributed by atoms with van der Waals surface area (Å²) in [5.41, 5.74) is 6.75. The lowest BCUT2D eigenvalue weighted by molar-refractivity contribution is 0.199. The van der Waals surface area contributed by atoms with Crippen molar-refractivity contribution in [1.29, 1.82) is 0 Å². The van der Waals surface area contributed by atoms with Crippen molar-refractivity contribution < 1.29 is 0 Å². The van der Waals surface area contributed by atoms with Crippen LogP contribution in [0, 0.1) is 5.41 Å². The van der Waals surface area contributed by atoms with Gasteiger partial charge in [-0.3, -0.25) is 0 Å². The summed E-state index contributed by atoms with van der Waals surface area (Å²) >= 11 is 0. The van der Waals surface area contributed by atoms with Crippen molar-refractivity contribution in [3.05, 3.63) is 84.7 Å². The van der Waals surface area contributed by atoms with Gasteiger partial charge in [0.15, 0.2) is 0 Å². The van der Waals surface area contributed by atoms with Gasteiger partial charge in [0.1, 0.15) is 0 Å². The second kappa shape index (κ2) is 10.4. The summed E-state index contributed by atoms with van der Waals surface area (Å²) in [5.74, 6) is 0. The van der Waals surface area contributed by atoms with E-state index in [0.717, 1.165) is 18.7 Å². The zero-order valence-electron chi connectivity index (χ0n) is 21.5. The molecule has 0 saturated carbocycles. The molecule has 0 amide bonds. The van der Waals surface area contributed by atoms with Gasteiger partial charge in [-0.2, -0.15) is 0 Å². The Bertz CT molecular complexity index is 946. The fraction of sp³-hybridized carbons (Fsp3) is 0.484. The maximum Gasteiger partial charge on any atom is 0.0604 e. The lowest BCUT2D eigenvalue weighted by Crippen LogP contribution is -2.41. The summed E-state index contributed by atoms with van der Waals surface area (Å²) in [7, 11) is 0. The van der Waals surface area contributed by atoms with E-state index in [1.807, 2.05) is 6.20 Å². The molecule has 0 bridgehead atoms. The molecule has 34 heavy (non-hydrogen) atoms. The Labute approximate surface area is 207 Å². The van der Waals surface area contributed by atoms with Crippen LogP contribution in [0.4, 0.5) is 0 Å². The normalized spacial score (nSPS) is 17.6. The number of hydrogen-bond acceptors (Lipinski definition) is 3. The summed E-state index contributed by atoms with van der Waals surface area (Å²) in [6.07, 6.45) is 7.76. The number of benzene rings is 2. The standard InChI is InChI=1S/C31H43N3/c1-6-32-25-17-21-34(22-18-25)20-12-11-19-31(24(2)33-23-30(3,4)5)28-15-9-7-13-26(28)27-14-8-10-16-29(27)31/h6-10,13-16,25,32-33H,1-2,11-12,17-23H2,3-5H3. The van der Waals surface area contributed by atoms with E-state index in [4.69, 9.17) is 0 Å². The van der Waals surface area contributed by atoms with Crippen LogP contribution in [0.1, 0.15) is 64.0 Å². The Balaban J connectivity index is 1.51. The van der Waals surface area contributed by atoms with Crippen LogP contribution in [0.25, 0.3) is 11.1 Å². The van der Waals surface area contributed by atoms with E-state index in [2.05, 4.69) is 98.0 Å². The predicted molar refractivity (Wildman–Crippen MR) is 146 cm³/mol. The molecule has 2 aromatic rings. The molecule has 1 heterocycles. The smallest absolute Gasteiger partial charge is 0.0604 e. The van der Waals surface area contributed by atoms with Gasteiger partial charge in [-0.15, -0.1) is 0 Å². The Morgan fingerprint density at radius 2 is 1.59 bits per heavy atom. The van der Waals surface area contributed by atoms with Gasteiger partial charge >= 0.3 is 0 Å². The average molecular weight is 458 g/mol. The van der Waals surface area contributed by atoms with Gasteiger partial charge in [-0.25, -0.2) is 0 Å². The number of likely N-dealkylation sites (tertiary alicyclic amines) is 1. The van der Waals surface area contributed by atoms with E-state index in [1.54, 1.807) is 0 Å². The van der Waals surface area contributed by atoms with E-state index < -0.39 is 0 Å². The maximum atomic E-state index is 4.67. The summed E-state index contributed by atoms with van der Waals surface area (Å²) in [6.45, 7) is 19.8. The van der Waals surface area contributed by atoms with Crippen LogP contribution in [0.5, 0.6) is 0 Å². The van der Waals surface area contributed by atoms with E-state index in [0.29, 0.717) is 6.04 Å². The van der Waals surface area contributed by atoms with Gasteiger partial charge in [0.2, 0.25) is 0 Å². The van der Waals surface area contributed by atoms with E-state index in [-0.39, 0.29) is 10.8 Å². The van der Waals surface area contributed by atoms with Crippen molar-refractivity contribution in [2.45, 2.75) is 64.3 Å². The number of piperidine rings is 1. The summed E-state index contributed by atoms with van der Waals surface area (Å²) in [6, 6.07) is 18.6. The molecule has 1 fully saturated rings. The highest BCUT2D eigenvalue weighted by Crippen LogP contribution is 2.54. The molecule has 0 aromatic heterocycles. The second-order valence-electron chi connectivity index (χ2n) is 11.3. The monoisotopic (exact) mass is 457 g/mol. The zero-order chi connectivity index (χ0) is 24.2. The largest absolute Gasteiger partial charge is 0.389 e. The molecule has 2 aromatic carbocycles. The predicted octanol–water partition coefficient (Wildman–Crippen LogP) is 6.47. The molecule has 0 atom stereocenters. The van der Waals surface area contributed by atoms with E-state index in [9.17, 15) is 0 Å². The van der Waals surface area contributed by atoms with Crippen molar-refractivity contribution >= 4 is 0 Å². The molecule has 0 unspecified atom stereocenters. The molecule has 0 spiro atoms. The molecule has 3 nitrogen and oxygen atoms in total. The van der Waals surface area contributed by atoms with Crippen molar-refractivity contribution in [2.24, 2.45) is 5.41 Å². The lowest BCUT2D eigenvalue weighted by atomic mass is 9.71. The Morgan fingerprint density at radius 1 is 1.00 bits per heavy atom. The summed E-state index contributed by atoms with van der Waals surface area (Å²) in [5, 5.41) is 7.16. The number of rotatable bonds is 10. The first-order valence-electron chi connectivity index (χ1n) is 13.1. The van der Waals surface area contributed by atoms with Crippen LogP contribution in [-0.2, 0) is 5.41 Å². The molecule has 1 aliphatic carbocycles. The van der Waals surface area contributed by atoms with Crippen molar-refractivity contribution in [1.82, 2.24) is 15.5 Å². The van der Waals surface area contributed by atoms with Gasteiger partial charge in [0.05, 0.1) is 5.41 Å². The minimum atomic E-state index is -0.167. The number of unbranched alkanes of at least 4 members (excludes halogenated alkanes) is 1. The van der Waals surface area contributed by atoms with E-state index in [1.165, 1.54) is 67.6 Å². The van der Waals surface area contributed by atoms with Crippen LogP contribution in [0.3, 0.4) is 0 Å². The third-order valence-electron chi connectivity index (χ3n) is 7.63. The maximum absolute atomic E-state index is 4.67. The van der Waals surface area contributed by atoms with Crippen LogP contribution >= 0.6 is 0 Å². The average Bonchev–Trinajstić information content (AvgIpc) is 3.12.